The van der Waals surface area contributed by atoms with Gasteiger partial charge in [0.25, 0.3) is 0 Å². The smallest absolute Gasteiger partial charge is 0.0976 e. The summed E-state index contributed by atoms with van der Waals surface area (Å²) in [5, 5.41) is 11.4. The molecule has 3 heteroatoms. The van der Waals surface area contributed by atoms with Gasteiger partial charge in [0.1, 0.15) is 0 Å². The predicted molar refractivity (Wildman–Crippen MR) is 78.6 cm³/mol. The molecular formula is C16H19NOS. The molecule has 0 amide bonds. The second-order valence-electron chi connectivity index (χ2n) is 5.82. The van der Waals surface area contributed by atoms with Crippen LogP contribution in [0.5, 0.6) is 0 Å². The van der Waals surface area contributed by atoms with Gasteiger partial charge in [-0.15, -0.1) is 11.3 Å². The lowest BCUT2D eigenvalue weighted by Crippen LogP contribution is -2.15. The highest BCUT2D eigenvalue weighted by Gasteiger charge is 2.34. The molecule has 0 unspecified atom stereocenters. The van der Waals surface area contributed by atoms with E-state index in [1.54, 1.807) is 11.3 Å². The van der Waals surface area contributed by atoms with E-state index in [0.717, 1.165) is 22.0 Å². The van der Waals surface area contributed by atoms with Crippen LogP contribution < -0.4 is 0 Å². The van der Waals surface area contributed by atoms with Gasteiger partial charge in [-0.2, -0.15) is 0 Å². The van der Waals surface area contributed by atoms with Crippen LogP contribution in [-0.2, 0) is 12.0 Å². The lowest BCUT2D eigenvalue weighted by atomic mass is 10.0. The van der Waals surface area contributed by atoms with Gasteiger partial charge in [-0.3, -0.25) is 0 Å². The van der Waals surface area contributed by atoms with Crippen molar-refractivity contribution in [1.82, 2.24) is 4.98 Å². The van der Waals surface area contributed by atoms with Crippen LogP contribution in [0, 0.1) is 0 Å². The maximum Gasteiger partial charge on any atom is 0.0976 e. The summed E-state index contributed by atoms with van der Waals surface area (Å²) in [5.41, 5.74) is 1.65. The Morgan fingerprint density at radius 3 is 2.53 bits per heavy atom. The van der Waals surface area contributed by atoms with E-state index in [2.05, 4.69) is 24.3 Å². The third-order valence-electron chi connectivity index (χ3n) is 3.42. The molecule has 1 aromatic heterocycles. The van der Waals surface area contributed by atoms with Gasteiger partial charge < -0.3 is 5.11 Å². The molecule has 100 valence electrons. The Balaban J connectivity index is 1.91. The summed E-state index contributed by atoms with van der Waals surface area (Å²) in [6, 6.07) is 10.4. The van der Waals surface area contributed by atoms with Crippen LogP contribution in [-0.4, -0.2) is 10.1 Å². The first kappa shape index (κ1) is 12.8. The van der Waals surface area contributed by atoms with Crippen molar-refractivity contribution >= 4 is 11.3 Å². The summed E-state index contributed by atoms with van der Waals surface area (Å²) in [4.78, 5) is 5.85. The van der Waals surface area contributed by atoms with Crippen molar-refractivity contribution < 1.29 is 5.11 Å². The third-order valence-corrected chi connectivity index (χ3v) is 4.80. The number of aliphatic hydroxyl groups is 1. The van der Waals surface area contributed by atoms with Gasteiger partial charge in [0.05, 0.1) is 21.2 Å². The minimum atomic E-state index is -0.773. The molecular weight excluding hydrogens is 254 g/mol. The lowest BCUT2D eigenvalue weighted by molar-refractivity contribution is 0.0813. The molecule has 3 rings (SSSR count). The molecule has 1 heterocycles. The molecule has 0 saturated heterocycles. The SMILES string of the molecule is CC(C)(O)c1sc(Cc2ccccc2)nc1C1CC1. The van der Waals surface area contributed by atoms with E-state index >= 15 is 0 Å². The summed E-state index contributed by atoms with van der Waals surface area (Å²) < 4.78 is 0. The Morgan fingerprint density at radius 1 is 1.26 bits per heavy atom. The first-order chi connectivity index (χ1) is 9.04. The van der Waals surface area contributed by atoms with Gasteiger partial charge in [-0.05, 0) is 32.3 Å². The molecule has 1 aliphatic carbocycles. The van der Waals surface area contributed by atoms with Crippen LogP contribution >= 0.6 is 11.3 Å². The molecule has 2 nitrogen and oxygen atoms in total. The fourth-order valence-electron chi connectivity index (χ4n) is 2.30. The fourth-order valence-corrected chi connectivity index (χ4v) is 3.48. The Labute approximate surface area is 118 Å². The topological polar surface area (TPSA) is 33.1 Å². The van der Waals surface area contributed by atoms with Gasteiger partial charge in [0.15, 0.2) is 0 Å². The zero-order valence-electron chi connectivity index (χ0n) is 11.4. The van der Waals surface area contributed by atoms with Crippen LogP contribution in [0.3, 0.4) is 0 Å². The van der Waals surface area contributed by atoms with Gasteiger partial charge in [0.2, 0.25) is 0 Å². The molecule has 0 aliphatic heterocycles. The van der Waals surface area contributed by atoms with Crippen molar-refractivity contribution in [2.75, 3.05) is 0 Å². The summed E-state index contributed by atoms with van der Waals surface area (Å²) in [6.45, 7) is 3.72. The van der Waals surface area contributed by atoms with Crippen molar-refractivity contribution in [3.8, 4) is 0 Å². The number of hydrogen-bond donors (Lipinski definition) is 1. The zero-order chi connectivity index (χ0) is 13.5. The Hall–Kier alpha value is -1.19. The number of aromatic nitrogens is 1. The van der Waals surface area contributed by atoms with E-state index < -0.39 is 5.60 Å². The third kappa shape index (κ3) is 2.88. The van der Waals surface area contributed by atoms with Crippen molar-refractivity contribution in [2.45, 2.75) is 44.6 Å². The molecule has 19 heavy (non-hydrogen) atoms. The summed E-state index contributed by atoms with van der Waals surface area (Å²) in [7, 11) is 0. The number of hydrogen-bond acceptors (Lipinski definition) is 3. The van der Waals surface area contributed by atoms with E-state index in [4.69, 9.17) is 4.98 Å². The van der Waals surface area contributed by atoms with Crippen LogP contribution in [0.2, 0.25) is 0 Å². The molecule has 1 aromatic carbocycles. The predicted octanol–water partition coefficient (Wildman–Crippen LogP) is 3.84. The number of rotatable bonds is 4. The van der Waals surface area contributed by atoms with Crippen molar-refractivity contribution in [3.63, 3.8) is 0 Å². The summed E-state index contributed by atoms with van der Waals surface area (Å²) in [5.74, 6) is 0.585. The molecule has 1 aliphatic rings. The second kappa shape index (κ2) is 4.73. The van der Waals surface area contributed by atoms with Crippen molar-refractivity contribution in [2.24, 2.45) is 0 Å². The van der Waals surface area contributed by atoms with E-state index in [9.17, 15) is 5.11 Å². The van der Waals surface area contributed by atoms with Gasteiger partial charge >= 0.3 is 0 Å². The largest absolute Gasteiger partial charge is 0.385 e. The number of benzene rings is 1. The van der Waals surface area contributed by atoms with Gasteiger partial charge in [-0.1, -0.05) is 30.3 Å². The molecule has 1 N–H and O–H groups in total. The monoisotopic (exact) mass is 273 g/mol. The number of thiazole rings is 1. The van der Waals surface area contributed by atoms with Crippen molar-refractivity contribution in [3.05, 3.63) is 51.5 Å². The molecule has 1 saturated carbocycles. The molecule has 1 fully saturated rings. The van der Waals surface area contributed by atoms with Crippen LogP contribution in [0.4, 0.5) is 0 Å². The quantitative estimate of drug-likeness (QED) is 0.918. The van der Waals surface area contributed by atoms with E-state index in [1.165, 1.54) is 18.4 Å². The fraction of sp³-hybridized carbons (Fsp3) is 0.438. The second-order valence-corrected chi connectivity index (χ2v) is 6.90. The number of nitrogens with zero attached hydrogens (tertiary/aromatic N) is 1. The summed E-state index contributed by atoms with van der Waals surface area (Å²) in [6.07, 6.45) is 3.30. The molecule has 0 atom stereocenters. The van der Waals surface area contributed by atoms with Crippen LogP contribution in [0.25, 0.3) is 0 Å². The highest BCUT2D eigenvalue weighted by molar-refractivity contribution is 7.11. The first-order valence-electron chi connectivity index (χ1n) is 6.80. The average Bonchev–Trinajstić information content (AvgIpc) is 3.11. The Kier molecular flexibility index (Phi) is 3.19. The van der Waals surface area contributed by atoms with E-state index in [1.807, 2.05) is 19.9 Å². The van der Waals surface area contributed by atoms with Gasteiger partial charge in [-0.25, -0.2) is 4.98 Å². The summed E-state index contributed by atoms with van der Waals surface area (Å²) >= 11 is 1.67. The molecule has 0 radical (unpaired) electrons. The zero-order valence-corrected chi connectivity index (χ0v) is 12.2. The average molecular weight is 273 g/mol. The molecule has 0 spiro atoms. The van der Waals surface area contributed by atoms with E-state index in [0.29, 0.717) is 5.92 Å². The minimum absolute atomic E-state index is 0.585. The lowest BCUT2D eigenvalue weighted by Gasteiger charge is -2.16. The van der Waals surface area contributed by atoms with Gasteiger partial charge in [0, 0.05) is 12.3 Å². The Bertz CT molecular complexity index is 564. The first-order valence-corrected chi connectivity index (χ1v) is 7.62. The van der Waals surface area contributed by atoms with Crippen LogP contribution in [0.15, 0.2) is 30.3 Å². The van der Waals surface area contributed by atoms with Crippen molar-refractivity contribution in [1.29, 1.82) is 0 Å². The highest BCUT2D eigenvalue weighted by atomic mass is 32.1. The maximum absolute atomic E-state index is 10.3. The molecule has 2 aromatic rings. The highest BCUT2D eigenvalue weighted by Crippen LogP contribution is 2.45. The minimum Gasteiger partial charge on any atom is -0.385 e. The maximum atomic E-state index is 10.3. The normalized spacial score (nSPS) is 15.7. The standard InChI is InChI=1S/C16H19NOS/c1-16(2,18)15-14(12-8-9-12)17-13(19-15)10-11-6-4-3-5-7-11/h3-7,12,18H,8-10H2,1-2H3. The Morgan fingerprint density at radius 2 is 1.95 bits per heavy atom. The molecule has 0 bridgehead atoms. The van der Waals surface area contributed by atoms with Crippen LogP contribution in [0.1, 0.15) is 53.7 Å². The van der Waals surface area contributed by atoms with E-state index in [-0.39, 0.29) is 0 Å².